The Kier molecular flexibility index (Phi) is 7.88. The van der Waals surface area contributed by atoms with E-state index in [1.165, 1.54) is 6.07 Å². The summed E-state index contributed by atoms with van der Waals surface area (Å²) in [5.41, 5.74) is -0.300. The molecular weight excluding hydrogens is 506 g/mol. The smallest absolute Gasteiger partial charge is 0.394 e. The van der Waals surface area contributed by atoms with Crippen LogP contribution in [0.5, 0.6) is 0 Å². The van der Waals surface area contributed by atoms with E-state index >= 15 is 0 Å². The van der Waals surface area contributed by atoms with E-state index in [2.05, 4.69) is 4.72 Å². The average Bonchev–Trinajstić information content (AvgIpc) is 3.18. The standard InChI is InChI=1S/C23H27F4N3O5S/c24-16-4-6-18(7-5-16)36(33,34)28-13-19-21(22(32)20(14-31)35-19)30-10-8-29(9-11-30)17-3-1-2-15(12-17)23(25,26)27/h1-7,12,19-22,28,31-32H,8-11,13-14H2/t19-,20+,21+,22-/m1/s1. The lowest BCUT2D eigenvalue weighted by atomic mass is 10.0. The van der Waals surface area contributed by atoms with Crippen LogP contribution in [0.25, 0.3) is 0 Å². The number of anilines is 1. The zero-order valence-corrected chi connectivity index (χ0v) is 19.9. The van der Waals surface area contributed by atoms with Gasteiger partial charge in [-0.1, -0.05) is 6.07 Å². The van der Waals surface area contributed by atoms with Crippen molar-refractivity contribution in [2.45, 2.75) is 35.4 Å². The number of hydrogen-bond donors (Lipinski definition) is 3. The molecule has 0 aliphatic carbocycles. The summed E-state index contributed by atoms with van der Waals surface area (Å²) in [6, 6.07) is 8.73. The second-order valence-corrected chi connectivity index (χ2v) is 10.5. The summed E-state index contributed by atoms with van der Waals surface area (Å²) in [4.78, 5) is 3.57. The SMILES string of the molecule is O=S(=O)(NC[C@H]1O[C@@H](CO)[C@@H](O)[C@H]1N1CCN(c2cccc(C(F)(F)F)c2)CC1)c1ccc(F)cc1. The lowest BCUT2D eigenvalue weighted by molar-refractivity contribution is -0.137. The predicted molar refractivity (Wildman–Crippen MR) is 122 cm³/mol. The third kappa shape index (κ3) is 5.82. The second kappa shape index (κ2) is 10.6. The Hall–Kier alpha value is -2.29. The number of rotatable bonds is 7. The number of aliphatic hydroxyl groups excluding tert-OH is 2. The molecule has 36 heavy (non-hydrogen) atoms. The number of alkyl halides is 3. The largest absolute Gasteiger partial charge is 0.416 e. The monoisotopic (exact) mass is 533 g/mol. The van der Waals surface area contributed by atoms with E-state index in [0.717, 1.165) is 36.4 Å². The molecule has 8 nitrogen and oxygen atoms in total. The van der Waals surface area contributed by atoms with Crippen molar-refractivity contribution in [3.63, 3.8) is 0 Å². The fraction of sp³-hybridized carbons (Fsp3) is 0.478. The zero-order valence-electron chi connectivity index (χ0n) is 19.1. The quantitative estimate of drug-likeness (QED) is 0.463. The first-order chi connectivity index (χ1) is 17.0. The van der Waals surface area contributed by atoms with Crippen LogP contribution in [0.4, 0.5) is 23.2 Å². The molecule has 0 unspecified atom stereocenters. The first kappa shape index (κ1) is 26.8. The van der Waals surface area contributed by atoms with E-state index in [0.29, 0.717) is 31.9 Å². The summed E-state index contributed by atoms with van der Waals surface area (Å²) < 4.78 is 85.8. The molecule has 2 aromatic carbocycles. The van der Waals surface area contributed by atoms with Gasteiger partial charge < -0.3 is 19.8 Å². The molecule has 2 aliphatic heterocycles. The molecule has 13 heteroatoms. The van der Waals surface area contributed by atoms with Gasteiger partial charge in [0.2, 0.25) is 10.0 Å². The minimum atomic E-state index is -4.45. The fourth-order valence-corrected chi connectivity index (χ4v) is 5.69. The van der Waals surface area contributed by atoms with Crippen molar-refractivity contribution in [1.29, 1.82) is 0 Å². The summed E-state index contributed by atoms with van der Waals surface area (Å²) in [6.07, 6.45) is -7.27. The van der Waals surface area contributed by atoms with Gasteiger partial charge in [0, 0.05) is 38.4 Å². The Morgan fingerprint density at radius 2 is 1.69 bits per heavy atom. The molecule has 0 bridgehead atoms. The van der Waals surface area contributed by atoms with Crippen molar-refractivity contribution in [2.24, 2.45) is 0 Å². The Morgan fingerprint density at radius 1 is 1.03 bits per heavy atom. The lowest BCUT2D eigenvalue weighted by Gasteiger charge is -2.41. The van der Waals surface area contributed by atoms with Gasteiger partial charge in [-0.25, -0.2) is 17.5 Å². The highest BCUT2D eigenvalue weighted by Gasteiger charge is 2.47. The molecule has 0 aromatic heterocycles. The maximum Gasteiger partial charge on any atom is 0.416 e. The number of aliphatic hydroxyl groups is 2. The molecule has 0 spiro atoms. The van der Waals surface area contributed by atoms with Crippen LogP contribution in [0.1, 0.15) is 5.56 Å². The van der Waals surface area contributed by atoms with Gasteiger partial charge in [-0.15, -0.1) is 0 Å². The van der Waals surface area contributed by atoms with Crippen LogP contribution in [0.3, 0.4) is 0 Å². The number of hydrogen-bond acceptors (Lipinski definition) is 7. The molecule has 2 aliphatic rings. The van der Waals surface area contributed by atoms with Crippen molar-refractivity contribution in [3.05, 3.63) is 59.9 Å². The van der Waals surface area contributed by atoms with Crippen LogP contribution in [0.2, 0.25) is 0 Å². The zero-order chi connectivity index (χ0) is 26.1. The summed E-state index contributed by atoms with van der Waals surface area (Å²) in [5.74, 6) is -0.577. The fourth-order valence-electron chi connectivity index (χ4n) is 4.64. The van der Waals surface area contributed by atoms with Gasteiger partial charge in [0.05, 0.1) is 29.2 Å². The Morgan fingerprint density at radius 3 is 2.31 bits per heavy atom. The molecule has 2 saturated heterocycles. The van der Waals surface area contributed by atoms with E-state index in [-0.39, 0.29) is 11.4 Å². The highest BCUT2D eigenvalue weighted by Crippen LogP contribution is 2.33. The van der Waals surface area contributed by atoms with Crippen LogP contribution in [0.15, 0.2) is 53.4 Å². The van der Waals surface area contributed by atoms with Gasteiger partial charge in [0.25, 0.3) is 0 Å². The summed E-state index contributed by atoms with van der Waals surface area (Å²) in [5, 5.41) is 20.4. The van der Waals surface area contributed by atoms with E-state index < -0.39 is 58.5 Å². The number of halogens is 4. The molecule has 0 saturated carbocycles. The number of nitrogens with zero attached hydrogens (tertiary/aromatic N) is 2. The van der Waals surface area contributed by atoms with Crippen molar-refractivity contribution in [2.75, 3.05) is 44.2 Å². The third-order valence-electron chi connectivity index (χ3n) is 6.51. The first-order valence-electron chi connectivity index (χ1n) is 11.4. The van der Waals surface area contributed by atoms with Crippen molar-refractivity contribution in [1.82, 2.24) is 9.62 Å². The summed E-state index contributed by atoms with van der Waals surface area (Å²) >= 11 is 0. The molecule has 2 fully saturated rings. The highest BCUT2D eigenvalue weighted by molar-refractivity contribution is 7.89. The van der Waals surface area contributed by atoms with E-state index in [4.69, 9.17) is 4.74 Å². The number of nitrogens with one attached hydrogen (secondary N) is 1. The molecule has 2 heterocycles. The van der Waals surface area contributed by atoms with Crippen molar-refractivity contribution < 1.29 is 40.9 Å². The minimum absolute atomic E-state index is 0.132. The van der Waals surface area contributed by atoms with Gasteiger partial charge in [0.15, 0.2) is 0 Å². The summed E-state index contributed by atoms with van der Waals surface area (Å²) in [7, 11) is -3.98. The Balaban J connectivity index is 1.43. The molecule has 3 N–H and O–H groups in total. The number of ether oxygens (including phenoxy) is 1. The van der Waals surface area contributed by atoms with E-state index in [9.17, 15) is 36.2 Å². The number of sulfonamides is 1. The molecule has 0 radical (unpaired) electrons. The normalized spacial score (nSPS) is 25.9. The minimum Gasteiger partial charge on any atom is -0.394 e. The van der Waals surface area contributed by atoms with Gasteiger partial charge in [-0.2, -0.15) is 13.2 Å². The second-order valence-electron chi connectivity index (χ2n) is 8.75. The van der Waals surface area contributed by atoms with Gasteiger partial charge in [-0.05, 0) is 42.5 Å². The van der Waals surface area contributed by atoms with Gasteiger partial charge in [-0.3, -0.25) is 4.90 Å². The van der Waals surface area contributed by atoms with Crippen LogP contribution in [-0.2, 0) is 20.9 Å². The van der Waals surface area contributed by atoms with Gasteiger partial charge in [0.1, 0.15) is 18.0 Å². The van der Waals surface area contributed by atoms with E-state index in [1.54, 1.807) is 6.07 Å². The Labute approximate surface area is 206 Å². The maximum atomic E-state index is 13.2. The molecular formula is C23H27F4N3O5S. The van der Waals surface area contributed by atoms with Crippen LogP contribution in [-0.4, -0.2) is 87.2 Å². The molecule has 2 aromatic rings. The molecule has 4 atom stereocenters. The average molecular weight is 534 g/mol. The first-order valence-corrected chi connectivity index (χ1v) is 12.8. The maximum absolute atomic E-state index is 13.2. The molecule has 4 rings (SSSR count). The van der Waals surface area contributed by atoms with Gasteiger partial charge >= 0.3 is 6.18 Å². The lowest BCUT2D eigenvalue weighted by Crippen LogP contribution is -2.57. The predicted octanol–water partition coefficient (Wildman–Crippen LogP) is 1.43. The van der Waals surface area contributed by atoms with Crippen molar-refractivity contribution in [3.8, 4) is 0 Å². The number of piperazine rings is 1. The third-order valence-corrected chi connectivity index (χ3v) is 7.95. The molecule has 198 valence electrons. The van der Waals surface area contributed by atoms with Crippen LogP contribution in [0, 0.1) is 5.82 Å². The summed E-state index contributed by atoms with van der Waals surface area (Å²) in [6.45, 7) is 0.834. The number of benzene rings is 2. The van der Waals surface area contributed by atoms with Crippen LogP contribution < -0.4 is 9.62 Å². The highest BCUT2D eigenvalue weighted by atomic mass is 32.2. The Bertz CT molecular complexity index is 1140. The molecule has 0 amide bonds. The van der Waals surface area contributed by atoms with E-state index in [1.807, 2.05) is 9.80 Å². The topological polar surface area (TPSA) is 102 Å². The van der Waals surface area contributed by atoms with Crippen LogP contribution >= 0.6 is 0 Å². The van der Waals surface area contributed by atoms with Crippen molar-refractivity contribution >= 4 is 15.7 Å².